The van der Waals surface area contributed by atoms with Gasteiger partial charge in [-0.2, -0.15) is 5.10 Å². The molecule has 152 valence electrons. The van der Waals surface area contributed by atoms with Crippen molar-refractivity contribution in [1.82, 2.24) is 20.1 Å². The minimum Gasteiger partial charge on any atom is -0.497 e. The number of nitrogens with one attached hydrogen (secondary N) is 1. The van der Waals surface area contributed by atoms with E-state index in [0.717, 1.165) is 5.56 Å². The largest absolute Gasteiger partial charge is 0.497 e. The van der Waals surface area contributed by atoms with E-state index in [4.69, 9.17) is 14.6 Å². The summed E-state index contributed by atoms with van der Waals surface area (Å²) in [5, 5.41) is 16.5. The lowest BCUT2D eigenvalue weighted by atomic mass is 10.2. The Hall–Kier alpha value is -3.62. The van der Waals surface area contributed by atoms with Crippen molar-refractivity contribution in [2.75, 3.05) is 14.2 Å². The minimum absolute atomic E-state index is 0.150. The Kier molecular flexibility index (Phi) is 5.96. The topological polar surface area (TPSA) is 116 Å². The minimum atomic E-state index is -0.971. The molecule has 1 unspecified atom stereocenters. The van der Waals surface area contributed by atoms with E-state index in [2.05, 4.69) is 15.4 Å². The first-order chi connectivity index (χ1) is 13.9. The van der Waals surface area contributed by atoms with Crippen LogP contribution in [0, 0.1) is 0 Å². The van der Waals surface area contributed by atoms with E-state index in [1.807, 2.05) is 12.1 Å². The van der Waals surface area contributed by atoms with E-state index in [0.29, 0.717) is 34.6 Å². The summed E-state index contributed by atoms with van der Waals surface area (Å²) >= 11 is 0. The number of carboxylic acids is 1. The van der Waals surface area contributed by atoms with Gasteiger partial charge in [-0.25, -0.2) is 9.67 Å². The number of amides is 1. The van der Waals surface area contributed by atoms with E-state index < -0.39 is 12.0 Å². The van der Waals surface area contributed by atoms with Crippen molar-refractivity contribution in [2.24, 2.45) is 0 Å². The second kappa shape index (κ2) is 8.59. The predicted molar refractivity (Wildman–Crippen MR) is 105 cm³/mol. The molecular formula is C20H22N4O5. The smallest absolute Gasteiger partial charge is 0.305 e. The maximum absolute atomic E-state index is 12.3. The van der Waals surface area contributed by atoms with E-state index in [-0.39, 0.29) is 12.3 Å². The van der Waals surface area contributed by atoms with E-state index in [9.17, 15) is 9.59 Å². The number of carbonyl (C=O) groups excluding carboxylic acids is 1. The second-order valence-electron chi connectivity index (χ2n) is 6.59. The molecule has 1 aromatic carbocycles. The molecule has 0 spiro atoms. The standard InChI is InChI=1S/C20H22N4O5/c1-12(6-18(25)26)23-20(27)15-7-14-10-22-24(19(14)21-9-15)11-13-4-5-16(28-2)8-17(13)29-3/h4-5,7-10,12H,6,11H2,1-3H3,(H,23,27)(H,25,26). The Morgan fingerprint density at radius 1 is 1.21 bits per heavy atom. The highest BCUT2D eigenvalue weighted by Gasteiger charge is 2.15. The second-order valence-corrected chi connectivity index (χ2v) is 6.59. The number of methoxy groups -OCH3 is 2. The molecule has 0 aliphatic carbocycles. The van der Waals surface area contributed by atoms with Crippen LogP contribution < -0.4 is 14.8 Å². The number of hydrogen-bond donors (Lipinski definition) is 2. The van der Waals surface area contributed by atoms with Crippen LogP contribution in [0.2, 0.25) is 0 Å². The van der Waals surface area contributed by atoms with Crippen LogP contribution in [0.15, 0.2) is 36.7 Å². The fourth-order valence-corrected chi connectivity index (χ4v) is 2.98. The number of pyridine rings is 1. The van der Waals surface area contributed by atoms with Gasteiger partial charge in [0, 0.05) is 29.3 Å². The van der Waals surface area contributed by atoms with Gasteiger partial charge in [0.05, 0.1) is 38.9 Å². The van der Waals surface area contributed by atoms with Gasteiger partial charge in [0.15, 0.2) is 5.65 Å². The zero-order valence-electron chi connectivity index (χ0n) is 16.4. The monoisotopic (exact) mass is 398 g/mol. The molecule has 9 nitrogen and oxygen atoms in total. The summed E-state index contributed by atoms with van der Waals surface area (Å²) in [6.45, 7) is 2.07. The van der Waals surface area contributed by atoms with Crippen LogP contribution >= 0.6 is 0 Å². The molecule has 2 aromatic heterocycles. The molecule has 3 aromatic rings. The maximum atomic E-state index is 12.3. The third-order valence-corrected chi connectivity index (χ3v) is 4.41. The Bertz CT molecular complexity index is 1050. The van der Waals surface area contributed by atoms with Crippen LogP contribution in [0.4, 0.5) is 0 Å². The summed E-state index contributed by atoms with van der Waals surface area (Å²) in [5.74, 6) is 0.0255. The van der Waals surface area contributed by atoms with Crippen molar-refractivity contribution in [2.45, 2.75) is 25.9 Å². The summed E-state index contributed by atoms with van der Waals surface area (Å²) in [7, 11) is 3.18. The van der Waals surface area contributed by atoms with Crippen LogP contribution in [-0.2, 0) is 11.3 Å². The van der Waals surface area contributed by atoms with Crippen molar-refractivity contribution >= 4 is 22.9 Å². The number of fused-ring (bicyclic) bond motifs is 1. The van der Waals surface area contributed by atoms with Gasteiger partial charge in [0.2, 0.25) is 0 Å². The van der Waals surface area contributed by atoms with Crippen LogP contribution in [0.3, 0.4) is 0 Å². The highest BCUT2D eigenvalue weighted by molar-refractivity contribution is 5.97. The van der Waals surface area contributed by atoms with Gasteiger partial charge < -0.3 is 19.9 Å². The Balaban J connectivity index is 1.81. The number of aliphatic carboxylic acids is 1. The number of benzene rings is 1. The molecule has 29 heavy (non-hydrogen) atoms. The van der Waals surface area contributed by atoms with Gasteiger partial charge in [-0.3, -0.25) is 9.59 Å². The quantitative estimate of drug-likeness (QED) is 0.597. The van der Waals surface area contributed by atoms with E-state index >= 15 is 0 Å². The number of ether oxygens (including phenoxy) is 2. The van der Waals surface area contributed by atoms with Gasteiger partial charge in [-0.15, -0.1) is 0 Å². The lowest BCUT2D eigenvalue weighted by Gasteiger charge is -2.12. The highest BCUT2D eigenvalue weighted by atomic mass is 16.5. The molecule has 1 atom stereocenters. The van der Waals surface area contributed by atoms with Gasteiger partial charge >= 0.3 is 5.97 Å². The lowest BCUT2D eigenvalue weighted by Crippen LogP contribution is -2.34. The summed E-state index contributed by atoms with van der Waals surface area (Å²) in [6, 6.07) is 6.74. The van der Waals surface area contributed by atoms with E-state index in [1.165, 1.54) is 6.20 Å². The van der Waals surface area contributed by atoms with Crippen LogP contribution in [0.25, 0.3) is 11.0 Å². The fourth-order valence-electron chi connectivity index (χ4n) is 2.98. The summed E-state index contributed by atoms with van der Waals surface area (Å²) < 4.78 is 12.4. The van der Waals surface area contributed by atoms with Gasteiger partial charge in [-0.1, -0.05) is 0 Å². The molecule has 3 rings (SSSR count). The molecule has 0 fully saturated rings. The molecule has 0 radical (unpaired) electrons. The number of hydrogen-bond acceptors (Lipinski definition) is 6. The summed E-state index contributed by atoms with van der Waals surface area (Å²) in [6.07, 6.45) is 2.94. The van der Waals surface area contributed by atoms with Crippen molar-refractivity contribution in [1.29, 1.82) is 0 Å². The lowest BCUT2D eigenvalue weighted by molar-refractivity contribution is -0.137. The number of carbonyl (C=O) groups is 2. The first-order valence-electron chi connectivity index (χ1n) is 8.96. The van der Waals surface area contributed by atoms with Crippen molar-refractivity contribution in [3.05, 3.63) is 47.8 Å². The Labute approximate surface area is 167 Å². The molecule has 9 heteroatoms. The third-order valence-electron chi connectivity index (χ3n) is 4.41. The first-order valence-corrected chi connectivity index (χ1v) is 8.96. The predicted octanol–water partition coefficient (Wildman–Crippen LogP) is 2.09. The number of nitrogens with zero attached hydrogens (tertiary/aromatic N) is 3. The molecule has 0 saturated heterocycles. The summed E-state index contributed by atoms with van der Waals surface area (Å²) in [4.78, 5) is 27.4. The molecule has 0 aliphatic rings. The Morgan fingerprint density at radius 3 is 2.69 bits per heavy atom. The average molecular weight is 398 g/mol. The molecule has 0 saturated carbocycles. The molecule has 0 aliphatic heterocycles. The fraction of sp³-hybridized carbons (Fsp3) is 0.300. The van der Waals surface area contributed by atoms with Crippen molar-refractivity contribution in [3.63, 3.8) is 0 Å². The average Bonchev–Trinajstić information content (AvgIpc) is 3.09. The van der Waals surface area contributed by atoms with Crippen LogP contribution in [-0.4, -0.2) is 52.0 Å². The van der Waals surface area contributed by atoms with Crippen molar-refractivity contribution < 1.29 is 24.2 Å². The van der Waals surface area contributed by atoms with Gasteiger partial charge in [-0.05, 0) is 25.1 Å². The SMILES string of the molecule is COc1ccc(Cn2ncc3cc(C(=O)NC(C)CC(=O)O)cnc32)c(OC)c1. The Morgan fingerprint density at radius 2 is 2.00 bits per heavy atom. The highest BCUT2D eigenvalue weighted by Crippen LogP contribution is 2.26. The zero-order chi connectivity index (χ0) is 21.0. The first kappa shape index (κ1) is 20.1. The van der Waals surface area contributed by atoms with Crippen molar-refractivity contribution in [3.8, 4) is 11.5 Å². The van der Waals surface area contributed by atoms with Gasteiger partial charge in [0.25, 0.3) is 5.91 Å². The van der Waals surface area contributed by atoms with Gasteiger partial charge in [0.1, 0.15) is 11.5 Å². The normalized spacial score (nSPS) is 11.8. The van der Waals surface area contributed by atoms with E-state index in [1.54, 1.807) is 44.2 Å². The zero-order valence-corrected chi connectivity index (χ0v) is 16.4. The molecule has 1 amide bonds. The molecule has 0 bridgehead atoms. The number of aromatic nitrogens is 3. The number of rotatable bonds is 8. The summed E-state index contributed by atoms with van der Waals surface area (Å²) in [5.41, 5.74) is 1.87. The number of carboxylic acid groups (broad SMARTS) is 1. The van der Waals surface area contributed by atoms with Crippen LogP contribution in [0.1, 0.15) is 29.3 Å². The van der Waals surface area contributed by atoms with Crippen LogP contribution in [0.5, 0.6) is 11.5 Å². The maximum Gasteiger partial charge on any atom is 0.305 e. The molecule has 2 heterocycles. The third kappa shape index (κ3) is 4.63. The molecule has 2 N–H and O–H groups in total. The molecular weight excluding hydrogens is 376 g/mol.